The monoisotopic (exact) mass is 317 g/mol. The first-order valence-corrected chi connectivity index (χ1v) is 7.22. The summed E-state index contributed by atoms with van der Waals surface area (Å²) in [5.41, 5.74) is 2.84. The van der Waals surface area contributed by atoms with Crippen LogP contribution in [0.2, 0.25) is 0 Å². The van der Waals surface area contributed by atoms with Gasteiger partial charge in [0.15, 0.2) is 0 Å². The van der Waals surface area contributed by atoms with Crippen molar-refractivity contribution in [2.75, 3.05) is 13.1 Å². The van der Waals surface area contributed by atoms with Gasteiger partial charge in [0.2, 0.25) is 0 Å². The molecule has 1 aliphatic heterocycles. The van der Waals surface area contributed by atoms with Crippen LogP contribution in [0.3, 0.4) is 0 Å². The molecule has 0 spiro atoms. The molecular weight excluding hydrogens is 302 g/mol. The van der Waals surface area contributed by atoms with Gasteiger partial charge in [-0.2, -0.15) is 0 Å². The zero-order chi connectivity index (χ0) is 13.3. The van der Waals surface area contributed by atoms with Crippen LogP contribution in [-0.4, -0.2) is 18.2 Å². The predicted molar refractivity (Wildman–Crippen MR) is 80.5 cm³/mol. The summed E-state index contributed by atoms with van der Waals surface area (Å²) in [6.45, 7) is 2.02. The van der Waals surface area contributed by atoms with Gasteiger partial charge in [-0.05, 0) is 41.8 Å². The summed E-state index contributed by atoms with van der Waals surface area (Å²) < 4.78 is 1.11. The van der Waals surface area contributed by atoms with Crippen LogP contribution in [0.25, 0.3) is 0 Å². The fourth-order valence-electron chi connectivity index (χ4n) is 2.67. The summed E-state index contributed by atoms with van der Waals surface area (Å²) >= 11 is 3.48. The molecule has 2 nitrogen and oxygen atoms in total. The Labute approximate surface area is 121 Å². The summed E-state index contributed by atoms with van der Waals surface area (Å²) in [4.78, 5) is 0. The maximum Gasteiger partial charge on any atom is 0.115 e. The van der Waals surface area contributed by atoms with E-state index in [4.69, 9.17) is 0 Å². The van der Waals surface area contributed by atoms with Crippen LogP contribution in [0.15, 0.2) is 53.0 Å². The third-order valence-corrected chi connectivity index (χ3v) is 4.39. The van der Waals surface area contributed by atoms with Gasteiger partial charge in [-0.1, -0.05) is 40.2 Å². The summed E-state index contributed by atoms with van der Waals surface area (Å²) in [6, 6.07) is 16.1. The van der Waals surface area contributed by atoms with E-state index in [1.54, 1.807) is 12.1 Å². The van der Waals surface area contributed by atoms with Gasteiger partial charge < -0.3 is 10.4 Å². The van der Waals surface area contributed by atoms with Gasteiger partial charge in [0.1, 0.15) is 5.75 Å². The molecule has 0 aliphatic carbocycles. The smallest absolute Gasteiger partial charge is 0.115 e. The third kappa shape index (κ3) is 2.53. The largest absolute Gasteiger partial charge is 0.508 e. The molecule has 3 heteroatoms. The Morgan fingerprint density at radius 3 is 2.16 bits per heavy atom. The summed E-state index contributed by atoms with van der Waals surface area (Å²) in [5, 5.41) is 12.7. The Balaban J connectivity index is 1.87. The van der Waals surface area contributed by atoms with E-state index in [9.17, 15) is 5.11 Å². The topological polar surface area (TPSA) is 32.3 Å². The number of nitrogens with one attached hydrogen (secondary N) is 1. The maximum absolute atomic E-state index is 9.36. The van der Waals surface area contributed by atoms with Crippen molar-refractivity contribution < 1.29 is 5.11 Å². The molecule has 1 saturated heterocycles. The third-order valence-electron chi connectivity index (χ3n) is 3.86. The Morgan fingerprint density at radius 2 is 1.63 bits per heavy atom. The zero-order valence-corrected chi connectivity index (χ0v) is 12.2. The minimum Gasteiger partial charge on any atom is -0.508 e. The highest BCUT2D eigenvalue weighted by atomic mass is 79.9. The molecular formula is C16H16BrNO. The average molecular weight is 318 g/mol. The van der Waals surface area contributed by atoms with E-state index >= 15 is 0 Å². The Morgan fingerprint density at radius 1 is 1.00 bits per heavy atom. The molecule has 2 N–H and O–H groups in total. The fourth-order valence-corrected chi connectivity index (χ4v) is 2.93. The molecule has 98 valence electrons. The van der Waals surface area contributed by atoms with Crippen LogP contribution in [0.4, 0.5) is 0 Å². The van der Waals surface area contributed by atoms with Gasteiger partial charge in [-0.25, -0.2) is 0 Å². The normalized spacial score (nSPS) is 16.9. The van der Waals surface area contributed by atoms with E-state index in [1.807, 2.05) is 12.1 Å². The summed E-state index contributed by atoms with van der Waals surface area (Å²) in [7, 11) is 0. The van der Waals surface area contributed by atoms with Crippen LogP contribution in [0.1, 0.15) is 11.1 Å². The Kier molecular flexibility index (Phi) is 3.33. The Bertz CT molecular complexity index is 558. The number of hydrogen-bond acceptors (Lipinski definition) is 2. The van der Waals surface area contributed by atoms with Crippen LogP contribution in [0.5, 0.6) is 5.75 Å². The van der Waals surface area contributed by atoms with Gasteiger partial charge >= 0.3 is 0 Å². The number of aromatic hydroxyl groups is 1. The standard InChI is InChI=1S/C16H16BrNO/c17-14-5-3-13(4-6-14)16(10-18-11-16)9-12-1-7-15(19)8-2-12/h1-8,18-19H,9-11H2. The molecule has 0 unspecified atom stereocenters. The highest BCUT2D eigenvalue weighted by molar-refractivity contribution is 9.10. The van der Waals surface area contributed by atoms with E-state index in [0.29, 0.717) is 5.75 Å². The molecule has 0 bridgehead atoms. The van der Waals surface area contributed by atoms with Crippen LogP contribution < -0.4 is 5.32 Å². The van der Waals surface area contributed by atoms with Gasteiger partial charge in [0, 0.05) is 23.0 Å². The lowest BCUT2D eigenvalue weighted by Crippen LogP contribution is -2.58. The van der Waals surface area contributed by atoms with Gasteiger partial charge in [0.25, 0.3) is 0 Å². The highest BCUT2D eigenvalue weighted by Crippen LogP contribution is 2.33. The lowest BCUT2D eigenvalue weighted by Gasteiger charge is -2.43. The van der Waals surface area contributed by atoms with Crippen molar-refractivity contribution in [2.45, 2.75) is 11.8 Å². The first-order valence-electron chi connectivity index (χ1n) is 6.43. The molecule has 1 fully saturated rings. The predicted octanol–water partition coefficient (Wildman–Crippen LogP) is 3.24. The van der Waals surface area contributed by atoms with Crippen LogP contribution >= 0.6 is 15.9 Å². The molecule has 19 heavy (non-hydrogen) atoms. The van der Waals surface area contributed by atoms with E-state index in [2.05, 4.69) is 45.5 Å². The van der Waals surface area contributed by atoms with Crippen molar-refractivity contribution in [3.05, 3.63) is 64.1 Å². The SMILES string of the molecule is Oc1ccc(CC2(c3ccc(Br)cc3)CNC2)cc1. The average Bonchev–Trinajstić information content (AvgIpc) is 2.37. The number of phenolic OH excluding ortho intramolecular Hbond substituents is 1. The first kappa shape index (κ1) is 12.7. The highest BCUT2D eigenvalue weighted by Gasteiger charge is 2.38. The lowest BCUT2D eigenvalue weighted by molar-refractivity contribution is 0.274. The number of rotatable bonds is 3. The van der Waals surface area contributed by atoms with Crippen molar-refractivity contribution in [1.29, 1.82) is 0 Å². The number of phenols is 1. The minimum atomic E-state index is 0.192. The van der Waals surface area contributed by atoms with Crippen molar-refractivity contribution in [3.63, 3.8) is 0 Å². The molecule has 2 aromatic carbocycles. The zero-order valence-electron chi connectivity index (χ0n) is 10.6. The van der Waals surface area contributed by atoms with Gasteiger partial charge in [-0.15, -0.1) is 0 Å². The molecule has 1 heterocycles. The molecule has 3 rings (SSSR count). The second kappa shape index (κ2) is 4.99. The van der Waals surface area contributed by atoms with Crippen molar-refractivity contribution in [1.82, 2.24) is 5.32 Å². The molecule has 0 amide bonds. The van der Waals surface area contributed by atoms with Crippen molar-refractivity contribution in [3.8, 4) is 5.75 Å². The lowest BCUT2D eigenvalue weighted by atomic mass is 9.71. The fraction of sp³-hybridized carbons (Fsp3) is 0.250. The number of halogens is 1. The van der Waals surface area contributed by atoms with Crippen molar-refractivity contribution in [2.24, 2.45) is 0 Å². The molecule has 0 atom stereocenters. The minimum absolute atomic E-state index is 0.192. The molecule has 2 aromatic rings. The van der Waals surface area contributed by atoms with E-state index < -0.39 is 0 Å². The second-order valence-corrected chi connectivity index (χ2v) is 6.15. The molecule has 0 aromatic heterocycles. The maximum atomic E-state index is 9.36. The molecule has 1 aliphatic rings. The van der Waals surface area contributed by atoms with Crippen LogP contribution in [0, 0.1) is 0 Å². The second-order valence-electron chi connectivity index (χ2n) is 5.23. The molecule has 0 saturated carbocycles. The van der Waals surface area contributed by atoms with Gasteiger partial charge in [0.05, 0.1) is 0 Å². The first-order chi connectivity index (χ1) is 9.18. The van der Waals surface area contributed by atoms with E-state index in [-0.39, 0.29) is 5.41 Å². The summed E-state index contributed by atoms with van der Waals surface area (Å²) in [5.74, 6) is 0.327. The number of benzene rings is 2. The van der Waals surface area contributed by atoms with Crippen LogP contribution in [-0.2, 0) is 11.8 Å². The Hall–Kier alpha value is -1.32. The van der Waals surface area contributed by atoms with Gasteiger partial charge in [-0.3, -0.25) is 0 Å². The van der Waals surface area contributed by atoms with Crippen molar-refractivity contribution >= 4 is 15.9 Å². The number of hydrogen-bond donors (Lipinski definition) is 2. The molecule has 0 radical (unpaired) electrons. The summed E-state index contributed by atoms with van der Waals surface area (Å²) in [6.07, 6.45) is 1.00. The van der Waals surface area contributed by atoms with E-state index in [0.717, 1.165) is 24.0 Å². The van der Waals surface area contributed by atoms with E-state index in [1.165, 1.54) is 11.1 Å². The quantitative estimate of drug-likeness (QED) is 0.911.